The van der Waals surface area contributed by atoms with Crippen molar-refractivity contribution in [3.05, 3.63) is 11.8 Å². The molecule has 10 nitrogen and oxygen atoms in total. The van der Waals surface area contributed by atoms with Crippen LogP contribution in [-0.4, -0.2) is 67.3 Å². The number of hydrogen-bond donors (Lipinski definition) is 5. The van der Waals surface area contributed by atoms with E-state index in [1.54, 1.807) is 25.7 Å². The summed E-state index contributed by atoms with van der Waals surface area (Å²) in [6.45, 7) is 15.7. The number of carbonyl (C=O) groups is 2. The Morgan fingerprint density at radius 2 is 1.30 bits per heavy atom. The average Bonchev–Trinajstić information content (AvgIpc) is 3.44. The largest absolute Gasteiger partial charge is 0.486 e. The first-order valence-corrected chi connectivity index (χ1v) is 10.3. The van der Waals surface area contributed by atoms with Gasteiger partial charge in [-0.05, 0) is 33.9 Å². The van der Waals surface area contributed by atoms with E-state index in [1.165, 1.54) is 12.8 Å². The van der Waals surface area contributed by atoms with Gasteiger partial charge in [0, 0.05) is 71.1 Å². The summed E-state index contributed by atoms with van der Waals surface area (Å²) in [5.74, 6) is 1.12. The van der Waals surface area contributed by atoms with Crippen molar-refractivity contribution in [2.45, 2.75) is 61.3 Å². The third-order valence-corrected chi connectivity index (χ3v) is 3.45. The summed E-state index contributed by atoms with van der Waals surface area (Å²) < 4.78 is 0. The van der Waals surface area contributed by atoms with Crippen LogP contribution in [0.15, 0.2) is 0 Å². The Bertz CT molecular complexity index is 555. The van der Waals surface area contributed by atoms with Crippen molar-refractivity contribution in [1.82, 2.24) is 20.9 Å². The van der Waals surface area contributed by atoms with E-state index < -0.39 is 0 Å². The molecule has 2 aliphatic rings. The number of amides is 4. The van der Waals surface area contributed by atoms with E-state index in [0.29, 0.717) is 43.5 Å². The van der Waals surface area contributed by atoms with E-state index in [2.05, 4.69) is 5.32 Å². The molecule has 0 aromatic heterocycles. The number of amidine groups is 1. The molecule has 0 bridgehead atoms. The van der Waals surface area contributed by atoms with Gasteiger partial charge in [0.2, 0.25) is 0 Å². The van der Waals surface area contributed by atoms with E-state index in [4.69, 9.17) is 10.8 Å². The molecule has 0 unspecified atom stereocenters. The number of hydrogen-bond acceptors (Lipinski definition) is 7. The van der Waals surface area contributed by atoms with Crippen molar-refractivity contribution in [1.29, 1.82) is 10.8 Å². The Kier molecular flexibility index (Phi) is 37.8. The summed E-state index contributed by atoms with van der Waals surface area (Å²) in [6.07, 6.45) is 4.04. The molecule has 2 fully saturated rings. The molecule has 0 aliphatic carbocycles. The van der Waals surface area contributed by atoms with Gasteiger partial charge in [-0.2, -0.15) is 12.8 Å². The van der Waals surface area contributed by atoms with Crippen molar-refractivity contribution in [3.8, 4) is 0 Å². The summed E-state index contributed by atoms with van der Waals surface area (Å²) in [4.78, 5) is 43.2. The van der Waals surface area contributed by atoms with E-state index in [0.717, 1.165) is 18.9 Å². The SMILES string of the molecule is CC.CC.CC(=N)N1CC[C-](C(=O)N[C-]=O)C1.CC(C)=N.O=[C-]NC(=O)[C-]1CCNC1.[Y].[Y]. The number of imide groups is 2. The predicted molar refractivity (Wildman–Crippen MR) is 123 cm³/mol. The van der Waals surface area contributed by atoms with E-state index >= 15 is 0 Å². The molecule has 0 atom stereocenters. The van der Waals surface area contributed by atoms with Gasteiger partial charge in [-0.1, -0.05) is 46.1 Å². The molecule has 33 heavy (non-hydrogen) atoms. The zero-order valence-electron chi connectivity index (χ0n) is 21.0. The molecular weight excluding hydrogens is 578 g/mol. The van der Waals surface area contributed by atoms with E-state index in [9.17, 15) is 19.2 Å². The second kappa shape index (κ2) is 29.4. The molecule has 2 radical (unpaired) electrons. The second-order valence-corrected chi connectivity index (χ2v) is 6.00. The summed E-state index contributed by atoms with van der Waals surface area (Å²) >= 11 is 0. The maximum atomic E-state index is 11.1. The van der Waals surface area contributed by atoms with Crippen molar-refractivity contribution in [2.75, 3.05) is 26.2 Å². The molecule has 2 aliphatic heterocycles. The first-order valence-electron chi connectivity index (χ1n) is 10.3. The van der Waals surface area contributed by atoms with Gasteiger partial charge in [0.15, 0.2) is 0 Å². The quantitative estimate of drug-likeness (QED) is 0.139. The average molecular weight is 616 g/mol. The van der Waals surface area contributed by atoms with Gasteiger partial charge in [0.25, 0.3) is 0 Å². The van der Waals surface area contributed by atoms with E-state index in [1.807, 2.05) is 38.3 Å². The second-order valence-electron chi connectivity index (χ2n) is 6.00. The smallest absolute Gasteiger partial charge is 0.0902 e. The molecule has 0 aromatic carbocycles. The number of likely N-dealkylation sites (tertiary alicyclic amines) is 1. The van der Waals surface area contributed by atoms with Gasteiger partial charge in [0.1, 0.15) is 0 Å². The van der Waals surface area contributed by atoms with Gasteiger partial charge < -0.3 is 57.3 Å². The zero-order valence-corrected chi connectivity index (χ0v) is 26.7. The van der Waals surface area contributed by atoms with Crippen molar-refractivity contribution >= 4 is 36.2 Å². The van der Waals surface area contributed by atoms with Crippen LogP contribution in [0.3, 0.4) is 0 Å². The third kappa shape index (κ3) is 24.3. The normalized spacial score (nSPS) is 12.5. The molecule has 0 aromatic rings. The fourth-order valence-corrected chi connectivity index (χ4v) is 2.16. The number of nitrogens with zero attached hydrogens (tertiary/aromatic N) is 1. The molecular formula is C21H38N6O4Y2-4. The molecule has 2 saturated heterocycles. The molecule has 5 N–H and O–H groups in total. The molecule has 2 rings (SSSR count). The zero-order chi connectivity index (χ0) is 24.8. The predicted octanol–water partition coefficient (Wildman–Crippen LogP) is 1.28. The van der Waals surface area contributed by atoms with Gasteiger partial charge in [-0.15, -0.1) is 6.54 Å². The van der Waals surface area contributed by atoms with Gasteiger partial charge in [-0.3, -0.25) is 5.41 Å². The van der Waals surface area contributed by atoms with Crippen LogP contribution in [0.2, 0.25) is 0 Å². The molecule has 12 heteroatoms. The molecule has 186 valence electrons. The Balaban J connectivity index is -0.000000117. The van der Waals surface area contributed by atoms with Gasteiger partial charge in [0.05, 0.1) is 18.7 Å². The van der Waals surface area contributed by atoms with Crippen LogP contribution in [-0.2, 0) is 84.6 Å². The van der Waals surface area contributed by atoms with Crippen LogP contribution in [0.5, 0.6) is 0 Å². The van der Waals surface area contributed by atoms with Crippen LogP contribution in [0.4, 0.5) is 0 Å². The molecule has 0 spiro atoms. The molecule has 2 heterocycles. The van der Waals surface area contributed by atoms with Gasteiger partial charge in [-0.25, -0.2) is 0 Å². The Morgan fingerprint density at radius 1 is 0.879 bits per heavy atom. The minimum absolute atomic E-state index is 0. The van der Waals surface area contributed by atoms with Crippen molar-refractivity contribution < 1.29 is 84.6 Å². The fourth-order valence-electron chi connectivity index (χ4n) is 2.16. The molecule has 4 amide bonds. The number of nitrogens with one attached hydrogen (secondary N) is 5. The monoisotopic (exact) mass is 616 g/mol. The maximum absolute atomic E-state index is 11.1. The first kappa shape index (κ1) is 42.5. The Morgan fingerprint density at radius 3 is 1.61 bits per heavy atom. The summed E-state index contributed by atoms with van der Waals surface area (Å²) in [5.41, 5.74) is 0.667. The van der Waals surface area contributed by atoms with Crippen LogP contribution in [0.25, 0.3) is 0 Å². The fraction of sp³-hybridized carbons (Fsp3) is 0.619. The number of carbonyl (C=O) groups excluding carboxylic acids is 4. The van der Waals surface area contributed by atoms with Gasteiger partial charge >= 0.3 is 0 Å². The van der Waals surface area contributed by atoms with Crippen molar-refractivity contribution in [2.24, 2.45) is 0 Å². The maximum Gasteiger partial charge on any atom is 0.0902 e. The number of rotatable bonds is 4. The minimum Gasteiger partial charge on any atom is -0.486 e. The van der Waals surface area contributed by atoms with Crippen LogP contribution < -0.4 is 16.0 Å². The van der Waals surface area contributed by atoms with E-state index in [-0.39, 0.29) is 77.2 Å². The standard InChI is InChI=1S/C8H11N3O2.C6H8N2O2.C3H7N.2C2H6.2Y/c1-6(9)11-3-2-7(4-11)8(13)10-5-12;9-4-8-6(10)5-1-2-7-3-5;1-3(2)4;2*1-2;;/h9H,2-4H2,1H3,(H,10,12,13);7H,1-3H2,(H,8,9,10);4H,1-2H3;2*1-2H3;;/q2*-2;;;;;. The Hall–Kier alpha value is -0.672. The van der Waals surface area contributed by atoms with Crippen LogP contribution in [0.1, 0.15) is 61.3 Å². The van der Waals surface area contributed by atoms with Crippen LogP contribution in [0, 0.1) is 22.7 Å². The van der Waals surface area contributed by atoms with Crippen LogP contribution >= 0.6 is 0 Å². The Labute approximate surface area is 249 Å². The summed E-state index contributed by atoms with van der Waals surface area (Å²) in [5, 5.41) is 20.7. The molecule has 0 saturated carbocycles. The first-order chi connectivity index (χ1) is 14.7. The third-order valence-electron chi connectivity index (χ3n) is 3.45. The summed E-state index contributed by atoms with van der Waals surface area (Å²) in [7, 11) is 0. The van der Waals surface area contributed by atoms with Crippen molar-refractivity contribution in [3.63, 3.8) is 0 Å². The topological polar surface area (TPSA) is 155 Å². The summed E-state index contributed by atoms with van der Waals surface area (Å²) in [6, 6.07) is 0. The minimum atomic E-state index is -0.376.